The lowest BCUT2D eigenvalue weighted by atomic mass is 10.3. The van der Waals surface area contributed by atoms with E-state index in [2.05, 4.69) is 20.6 Å². The lowest BCUT2D eigenvalue weighted by Gasteiger charge is -2.07. The van der Waals surface area contributed by atoms with Crippen LogP contribution in [0.3, 0.4) is 0 Å². The summed E-state index contributed by atoms with van der Waals surface area (Å²) in [6, 6.07) is 0.932. The van der Waals surface area contributed by atoms with Gasteiger partial charge in [0.15, 0.2) is 0 Å². The van der Waals surface area contributed by atoms with Crippen molar-refractivity contribution in [3.63, 3.8) is 0 Å². The zero-order valence-electron chi connectivity index (χ0n) is 10.4. The number of nitrogens with one attached hydrogen (secondary N) is 2. The van der Waals surface area contributed by atoms with Crippen molar-refractivity contribution in [2.45, 2.75) is 6.42 Å². The fourth-order valence-electron chi connectivity index (χ4n) is 1.46. The molecule has 8 heteroatoms. The smallest absolute Gasteiger partial charge is 0.337 e. The number of anilines is 1. The third kappa shape index (κ3) is 4.02. The van der Waals surface area contributed by atoms with Gasteiger partial charge in [-0.3, -0.25) is 4.98 Å². The van der Waals surface area contributed by atoms with Crippen LogP contribution in [0.2, 0.25) is 0 Å². The van der Waals surface area contributed by atoms with E-state index in [1.165, 1.54) is 29.8 Å². The van der Waals surface area contributed by atoms with Crippen LogP contribution in [0.5, 0.6) is 0 Å². The molecule has 0 atom stereocenters. The van der Waals surface area contributed by atoms with Gasteiger partial charge in [-0.2, -0.15) is 0 Å². The molecule has 0 saturated carbocycles. The third-order valence-electron chi connectivity index (χ3n) is 2.35. The zero-order chi connectivity index (χ0) is 14.4. The van der Waals surface area contributed by atoms with Crippen LogP contribution in [-0.4, -0.2) is 33.6 Å². The molecule has 0 fully saturated rings. The molecule has 20 heavy (non-hydrogen) atoms. The first-order valence-electron chi connectivity index (χ1n) is 5.77. The number of aromatic carboxylic acids is 1. The van der Waals surface area contributed by atoms with Gasteiger partial charge in [-0.15, -0.1) is 11.3 Å². The van der Waals surface area contributed by atoms with Crippen molar-refractivity contribution in [1.29, 1.82) is 0 Å². The summed E-state index contributed by atoms with van der Waals surface area (Å²) in [6.45, 7) is 0.450. The van der Waals surface area contributed by atoms with E-state index in [-0.39, 0.29) is 5.56 Å². The van der Waals surface area contributed by atoms with Crippen LogP contribution < -0.4 is 10.6 Å². The molecule has 2 amide bonds. The summed E-state index contributed by atoms with van der Waals surface area (Å²) in [4.78, 5) is 30.2. The van der Waals surface area contributed by atoms with E-state index in [4.69, 9.17) is 5.11 Å². The molecule has 0 aliphatic heterocycles. The first-order chi connectivity index (χ1) is 9.65. The molecular weight excluding hydrogens is 280 g/mol. The summed E-state index contributed by atoms with van der Waals surface area (Å²) in [7, 11) is 0. The molecule has 2 heterocycles. The Kier molecular flexibility index (Phi) is 4.61. The Morgan fingerprint density at radius 3 is 2.90 bits per heavy atom. The SMILES string of the molecule is O=C(NCCc1nccs1)Nc1cncc(C(=O)O)c1. The normalized spacial score (nSPS) is 10.0. The quantitative estimate of drug-likeness (QED) is 0.776. The van der Waals surface area contributed by atoms with E-state index in [9.17, 15) is 9.59 Å². The number of hydrogen-bond acceptors (Lipinski definition) is 5. The van der Waals surface area contributed by atoms with Crippen LogP contribution >= 0.6 is 11.3 Å². The van der Waals surface area contributed by atoms with Gasteiger partial charge in [0.05, 0.1) is 22.5 Å². The molecule has 7 nitrogen and oxygen atoms in total. The summed E-state index contributed by atoms with van der Waals surface area (Å²) in [5.74, 6) is -1.09. The summed E-state index contributed by atoms with van der Waals surface area (Å²) in [5.41, 5.74) is 0.349. The van der Waals surface area contributed by atoms with Crippen molar-refractivity contribution in [2.75, 3.05) is 11.9 Å². The van der Waals surface area contributed by atoms with E-state index < -0.39 is 12.0 Å². The van der Waals surface area contributed by atoms with E-state index in [1.54, 1.807) is 6.20 Å². The topological polar surface area (TPSA) is 104 Å². The van der Waals surface area contributed by atoms with Crippen LogP contribution in [0.25, 0.3) is 0 Å². The average molecular weight is 292 g/mol. The van der Waals surface area contributed by atoms with Crippen molar-refractivity contribution in [1.82, 2.24) is 15.3 Å². The maximum atomic E-state index is 11.6. The second-order valence-electron chi connectivity index (χ2n) is 3.82. The molecule has 3 N–H and O–H groups in total. The minimum Gasteiger partial charge on any atom is -0.478 e. The number of carbonyl (C=O) groups is 2. The number of urea groups is 1. The molecule has 0 aliphatic carbocycles. The van der Waals surface area contributed by atoms with Gasteiger partial charge in [0, 0.05) is 30.7 Å². The van der Waals surface area contributed by atoms with Gasteiger partial charge in [0.2, 0.25) is 0 Å². The minimum atomic E-state index is -1.09. The van der Waals surface area contributed by atoms with Crippen LogP contribution in [0.15, 0.2) is 30.0 Å². The summed E-state index contributed by atoms with van der Waals surface area (Å²) in [5, 5.41) is 16.8. The number of carboxylic acids is 1. The third-order valence-corrected chi connectivity index (χ3v) is 3.19. The molecule has 0 bridgehead atoms. The van der Waals surface area contributed by atoms with Crippen molar-refractivity contribution < 1.29 is 14.7 Å². The fourth-order valence-corrected chi connectivity index (χ4v) is 2.08. The molecule has 104 valence electrons. The molecule has 0 saturated heterocycles. The van der Waals surface area contributed by atoms with Gasteiger partial charge in [0.25, 0.3) is 0 Å². The Hall–Kier alpha value is -2.48. The highest BCUT2D eigenvalue weighted by Gasteiger charge is 2.06. The number of thiazole rings is 1. The summed E-state index contributed by atoms with van der Waals surface area (Å²) >= 11 is 1.53. The van der Waals surface area contributed by atoms with Gasteiger partial charge < -0.3 is 15.7 Å². The van der Waals surface area contributed by atoms with Crippen molar-refractivity contribution in [2.24, 2.45) is 0 Å². The summed E-state index contributed by atoms with van der Waals surface area (Å²) < 4.78 is 0. The first kappa shape index (κ1) is 13.9. The van der Waals surface area contributed by atoms with Crippen molar-refractivity contribution >= 4 is 29.0 Å². The van der Waals surface area contributed by atoms with Crippen LogP contribution in [0, 0.1) is 0 Å². The highest BCUT2D eigenvalue weighted by Crippen LogP contribution is 2.08. The lowest BCUT2D eigenvalue weighted by molar-refractivity contribution is 0.0696. The molecule has 0 spiro atoms. The standard InChI is InChI=1S/C12H12N4O3S/c17-11(18)8-5-9(7-13-6-8)16-12(19)15-2-1-10-14-3-4-20-10/h3-7H,1-2H2,(H,17,18)(H2,15,16,19). The number of nitrogens with zero attached hydrogens (tertiary/aromatic N) is 2. The minimum absolute atomic E-state index is 0.0191. The predicted octanol–water partition coefficient (Wildman–Crippen LogP) is 1.60. The van der Waals surface area contributed by atoms with E-state index in [0.717, 1.165) is 5.01 Å². The molecule has 2 aromatic rings. The van der Waals surface area contributed by atoms with Crippen LogP contribution in [0.4, 0.5) is 10.5 Å². The van der Waals surface area contributed by atoms with Gasteiger partial charge >= 0.3 is 12.0 Å². The Labute approximate surface area is 118 Å². The number of carboxylic acid groups (broad SMARTS) is 1. The Bertz CT molecular complexity index is 601. The van der Waals surface area contributed by atoms with Gasteiger partial charge in [0.1, 0.15) is 0 Å². The number of carbonyl (C=O) groups excluding carboxylic acids is 1. The second kappa shape index (κ2) is 6.62. The summed E-state index contributed by atoms with van der Waals surface area (Å²) in [6.07, 6.45) is 4.96. The number of aromatic nitrogens is 2. The number of rotatable bonds is 5. The molecule has 0 radical (unpaired) electrons. The van der Waals surface area contributed by atoms with E-state index in [0.29, 0.717) is 18.7 Å². The van der Waals surface area contributed by atoms with Gasteiger partial charge in [-0.1, -0.05) is 0 Å². The highest BCUT2D eigenvalue weighted by atomic mass is 32.1. The monoisotopic (exact) mass is 292 g/mol. The number of hydrogen-bond donors (Lipinski definition) is 3. The van der Waals surface area contributed by atoms with Gasteiger partial charge in [-0.25, -0.2) is 14.6 Å². The van der Waals surface area contributed by atoms with Crippen molar-refractivity contribution in [3.05, 3.63) is 40.6 Å². The molecule has 0 aliphatic rings. The largest absolute Gasteiger partial charge is 0.478 e. The first-order valence-corrected chi connectivity index (χ1v) is 6.64. The van der Waals surface area contributed by atoms with Crippen LogP contribution in [0.1, 0.15) is 15.4 Å². The molecule has 0 unspecified atom stereocenters. The molecule has 2 rings (SSSR count). The highest BCUT2D eigenvalue weighted by molar-refractivity contribution is 7.09. The van der Waals surface area contributed by atoms with E-state index >= 15 is 0 Å². The molecule has 2 aromatic heterocycles. The Balaban J connectivity index is 1.82. The maximum Gasteiger partial charge on any atom is 0.337 e. The number of pyridine rings is 1. The zero-order valence-corrected chi connectivity index (χ0v) is 11.2. The second-order valence-corrected chi connectivity index (χ2v) is 4.80. The molecular formula is C12H12N4O3S. The average Bonchev–Trinajstić information content (AvgIpc) is 2.92. The Morgan fingerprint density at radius 2 is 2.20 bits per heavy atom. The van der Waals surface area contributed by atoms with E-state index in [1.807, 2.05) is 5.38 Å². The Morgan fingerprint density at radius 1 is 1.35 bits per heavy atom. The lowest BCUT2D eigenvalue weighted by Crippen LogP contribution is -2.30. The maximum absolute atomic E-state index is 11.6. The molecule has 0 aromatic carbocycles. The fraction of sp³-hybridized carbons (Fsp3) is 0.167. The number of amides is 2. The van der Waals surface area contributed by atoms with Crippen molar-refractivity contribution in [3.8, 4) is 0 Å². The van der Waals surface area contributed by atoms with Crippen LogP contribution in [-0.2, 0) is 6.42 Å². The van der Waals surface area contributed by atoms with Gasteiger partial charge in [-0.05, 0) is 6.07 Å². The predicted molar refractivity (Wildman–Crippen MR) is 74.0 cm³/mol.